The van der Waals surface area contributed by atoms with Crippen LogP contribution in [0.4, 0.5) is 11.4 Å². The van der Waals surface area contributed by atoms with Gasteiger partial charge in [0.2, 0.25) is 0 Å². The Labute approximate surface area is 163 Å². The van der Waals surface area contributed by atoms with Crippen LogP contribution in [0.1, 0.15) is 22.3 Å². The van der Waals surface area contributed by atoms with Crippen molar-refractivity contribution in [3.8, 4) is 5.75 Å². The lowest BCUT2D eigenvalue weighted by atomic mass is 9.91. The molecular weight excluding hydrogens is 370 g/mol. The van der Waals surface area contributed by atoms with Gasteiger partial charge in [0, 0.05) is 38.9 Å². The summed E-state index contributed by atoms with van der Waals surface area (Å²) in [6.07, 6.45) is 2.16. The van der Waals surface area contributed by atoms with E-state index in [4.69, 9.17) is 25.8 Å². The van der Waals surface area contributed by atoms with E-state index in [9.17, 15) is 4.79 Å². The molecule has 0 radical (unpaired) electrons. The van der Waals surface area contributed by atoms with Crippen LogP contribution < -0.4 is 15.4 Å². The summed E-state index contributed by atoms with van der Waals surface area (Å²) in [5.41, 5.74) is 1.91. The first-order valence-electron chi connectivity index (χ1n) is 8.49. The number of rotatable bonds is 6. The second-order valence-corrected chi connectivity index (χ2v) is 6.53. The molecule has 2 N–H and O–H groups in total. The number of pyridine rings is 1. The highest BCUT2D eigenvalue weighted by Crippen LogP contribution is 2.43. The maximum Gasteiger partial charge on any atom is 0.254 e. The van der Waals surface area contributed by atoms with Crippen LogP contribution in [0.5, 0.6) is 5.75 Å². The number of ether oxygens (including phenoxy) is 3. The number of hydrogen-bond acceptors (Lipinski definition) is 6. The van der Waals surface area contributed by atoms with E-state index >= 15 is 0 Å². The molecule has 7 nitrogen and oxygen atoms in total. The van der Waals surface area contributed by atoms with Gasteiger partial charge in [0.25, 0.3) is 5.91 Å². The number of halogens is 1. The van der Waals surface area contributed by atoms with Crippen molar-refractivity contribution in [1.82, 2.24) is 10.3 Å². The standard InChI is InChI=1S/C19H22ClN3O4/c1-21-18(24)12-10-22-16(20)9-15(12)23-14-6-4-5-13(17(14)25-2)19(26-3)7-8-27-11-19/h4-6,9-10H,7-8,11H2,1-3H3,(H,21,24)(H,22,23). The number of amides is 1. The maximum atomic E-state index is 12.2. The minimum absolute atomic E-state index is 0.269. The van der Waals surface area contributed by atoms with Gasteiger partial charge in [-0.3, -0.25) is 4.79 Å². The number of benzene rings is 1. The number of hydrogen-bond donors (Lipinski definition) is 2. The van der Waals surface area contributed by atoms with E-state index in [1.807, 2.05) is 18.2 Å². The maximum absolute atomic E-state index is 12.2. The van der Waals surface area contributed by atoms with Gasteiger partial charge in [0.15, 0.2) is 0 Å². The second kappa shape index (κ2) is 8.12. The lowest BCUT2D eigenvalue weighted by Gasteiger charge is -2.29. The first kappa shape index (κ1) is 19.4. The van der Waals surface area contributed by atoms with Crippen LogP contribution in [-0.4, -0.2) is 45.4 Å². The van der Waals surface area contributed by atoms with Crippen LogP contribution >= 0.6 is 11.6 Å². The molecular formula is C19H22ClN3O4. The average Bonchev–Trinajstić information content (AvgIpc) is 3.17. The Kier molecular flexibility index (Phi) is 5.84. The van der Waals surface area contributed by atoms with E-state index in [0.29, 0.717) is 35.9 Å². The van der Waals surface area contributed by atoms with Crippen LogP contribution in [0, 0.1) is 0 Å². The average molecular weight is 392 g/mol. The number of aromatic nitrogens is 1. The minimum atomic E-state index is -0.567. The van der Waals surface area contributed by atoms with Gasteiger partial charge in [0.1, 0.15) is 16.5 Å². The fourth-order valence-corrected chi connectivity index (χ4v) is 3.40. The number of nitrogens with one attached hydrogen (secondary N) is 2. The molecule has 144 valence electrons. The van der Waals surface area contributed by atoms with E-state index in [0.717, 1.165) is 12.0 Å². The molecule has 1 aromatic heterocycles. The molecule has 0 aliphatic carbocycles. The number of para-hydroxylation sites is 1. The van der Waals surface area contributed by atoms with E-state index in [1.54, 1.807) is 27.3 Å². The van der Waals surface area contributed by atoms with Crippen LogP contribution in [-0.2, 0) is 15.1 Å². The molecule has 1 aromatic carbocycles. The molecule has 1 amide bonds. The number of carbonyl (C=O) groups excluding carboxylic acids is 1. The van der Waals surface area contributed by atoms with E-state index < -0.39 is 5.60 Å². The highest BCUT2D eigenvalue weighted by atomic mass is 35.5. The molecule has 8 heteroatoms. The predicted octanol–water partition coefficient (Wildman–Crippen LogP) is 3.11. The summed E-state index contributed by atoms with van der Waals surface area (Å²) in [4.78, 5) is 16.2. The summed E-state index contributed by atoms with van der Waals surface area (Å²) in [7, 11) is 4.83. The third-order valence-corrected chi connectivity index (χ3v) is 4.90. The fraction of sp³-hybridized carbons (Fsp3) is 0.368. The first-order valence-corrected chi connectivity index (χ1v) is 8.87. The lowest BCUT2D eigenvalue weighted by Crippen LogP contribution is -2.29. The summed E-state index contributed by atoms with van der Waals surface area (Å²) in [6.45, 7) is 1.07. The van der Waals surface area contributed by atoms with Gasteiger partial charge in [-0.15, -0.1) is 0 Å². The molecule has 1 aliphatic heterocycles. The second-order valence-electron chi connectivity index (χ2n) is 6.14. The van der Waals surface area contributed by atoms with Crippen molar-refractivity contribution in [3.05, 3.63) is 46.7 Å². The van der Waals surface area contributed by atoms with Gasteiger partial charge in [-0.2, -0.15) is 0 Å². The van der Waals surface area contributed by atoms with Crippen LogP contribution in [0.3, 0.4) is 0 Å². The Hall–Kier alpha value is -2.35. The molecule has 1 unspecified atom stereocenters. The van der Waals surface area contributed by atoms with Crippen molar-refractivity contribution in [2.24, 2.45) is 0 Å². The Morgan fingerprint density at radius 1 is 1.33 bits per heavy atom. The largest absolute Gasteiger partial charge is 0.494 e. The number of methoxy groups -OCH3 is 2. The van der Waals surface area contributed by atoms with Crippen molar-refractivity contribution in [3.63, 3.8) is 0 Å². The van der Waals surface area contributed by atoms with Crippen molar-refractivity contribution >= 4 is 28.9 Å². The van der Waals surface area contributed by atoms with Gasteiger partial charge in [-0.25, -0.2) is 4.98 Å². The lowest BCUT2D eigenvalue weighted by molar-refractivity contribution is -0.0227. The van der Waals surface area contributed by atoms with E-state index in [-0.39, 0.29) is 11.1 Å². The summed E-state index contributed by atoms with van der Waals surface area (Å²) in [5.74, 6) is 0.356. The van der Waals surface area contributed by atoms with Gasteiger partial charge in [0.05, 0.1) is 30.7 Å². The highest BCUT2D eigenvalue weighted by Gasteiger charge is 2.39. The molecule has 0 bridgehead atoms. The van der Waals surface area contributed by atoms with Gasteiger partial charge in [-0.05, 0) is 12.1 Å². The quantitative estimate of drug-likeness (QED) is 0.736. The SMILES string of the molecule is CNC(=O)c1cnc(Cl)cc1Nc1cccc(C2(OC)CCOC2)c1OC. The molecule has 2 heterocycles. The van der Waals surface area contributed by atoms with Crippen LogP contribution in [0.25, 0.3) is 0 Å². The zero-order valence-corrected chi connectivity index (χ0v) is 16.2. The molecule has 1 aliphatic rings. The first-order chi connectivity index (χ1) is 13.0. The number of carbonyl (C=O) groups is 1. The van der Waals surface area contributed by atoms with Crippen LogP contribution in [0.2, 0.25) is 5.15 Å². The molecule has 27 heavy (non-hydrogen) atoms. The fourth-order valence-electron chi connectivity index (χ4n) is 3.24. The molecule has 0 spiro atoms. The molecule has 1 saturated heterocycles. The third kappa shape index (κ3) is 3.71. The molecule has 0 saturated carbocycles. The van der Waals surface area contributed by atoms with Crippen molar-refractivity contribution < 1.29 is 19.0 Å². The number of nitrogens with zero attached hydrogens (tertiary/aromatic N) is 1. The van der Waals surface area contributed by atoms with Gasteiger partial charge >= 0.3 is 0 Å². The van der Waals surface area contributed by atoms with E-state index in [1.165, 1.54) is 6.20 Å². The smallest absolute Gasteiger partial charge is 0.254 e. The van der Waals surface area contributed by atoms with Crippen LogP contribution in [0.15, 0.2) is 30.5 Å². The molecule has 1 atom stereocenters. The van der Waals surface area contributed by atoms with Gasteiger partial charge < -0.3 is 24.8 Å². The van der Waals surface area contributed by atoms with Crippen molar-refractivity contribution in [2.75, 3.05) is 39.8 Å². The summed E-state index contributed by atoms with van der Waals surface area (Å²) >= 11 is 6.03. The summed E-state index contributed by atoms with van der Waals surface area (Å²) in [5, 5.41) is 6.12. The molecule has 3 rings (SSSR count). The summed E-state index contributed by atoms with van der Waals surface area (Å²) in [6, 6.07) is 7.33. The Balaban J connectivity index is 2.05. The van der Waals surface area contributed by atoms with Crippen molar-refractivity contribution in [1.29, 1.82) is 0 Å². The molecule has 2 aromatic rings. The minimum Gasteiger partial charge on any atom is -0.494 e. The molecule has 1 fully saturated rings. The zero-order valence-electron chi connectivity index (χ0n) is 15.5. The highest BCUT2D eigenvalue weighted by molar-refractivity contribution is 6.29. The predicted molar refractivity (Wildman–Crippen MR) is 103 cm³/mol. The summed E-state index contributed by atoms with van der Waals surface area (Å²) < 4.78 is 17.1. The van der Waals surface area contributed by atoms with Gasteiger partial charge in [-0.1, -0.05) is 23.7 Å². The zero-order chi connectivity index (χ0) is 19.4. The van der Waals surface area contributed by atoms with E-state index in [2.05, 4.69) is 15.6 Å². The topological polar surface area (TPSA) is 81.7 Å². The Morgan fingerprint density at radius 2 is 2.15 bits per heavy atom. The van der Waals surface area contributed by atoms with Crippen molar-refractivity contribution in [2.45, 2.75) is 12.0 Å². The Morgan fingerprint density at radius 3 is 2.78 bits per heavy atom. The Bertz CT molecular complexity index is 838. The normalized spacial score (nSPS) is 19.0. The monoisotopic (exact) mass is 391 g/mol. The third-order valence-electron chi connectivity index (χ3n) is 4.70. The number of anilines is 2.